The Hall–Kier alpha value is -3.72. The molecule has 0 heterocycles. The molecule has 0 aliphatic rings. The second-order valence-corrected chi connectivity index (χ2v) is 11.1. The van der Waals surface area contributed by atoms with Gasteiger partial charge in [0.2, 0.25) is 5.91 Å². The van der Waals surface area contributed by atoms with Gasteiger partial charge in [-0.3, -0.25) is 28.8 Å². The minimum Gasteiger partial charge on any atom is -0.481 e. The number of carboxylic acid groups (broad SMARTS) is 1. The van der Waals surface area contributed by atoms with E-state index >= 15 is 0 Å². The third-order valence-corrected chi connectivity index (χ3v) is 6.92. The first-order chi connectivity index (χ1) is 22.6. The molecule has 1 atom stereocenters. The number of carbonyl (C=O) groups is 6. The number of benzene rings is 1. The number of nitrogen functional groups attached to an aromatic ring is 1. The Morgan fingerprint density at radius 3 is 1.81 bits per heavy atom. The zero-order valence-corrected chi connectivity index (χ0v) is 27.2. The van der Waals surface area contributed by atoms with Crippen molar-refractivity contribution in [3.63, 3.8) is 0 Å². The molecule has 1 aromatic carbocycles. The quantitative estimate of drug-likeness (QED) is 0.0662. The number of carbonyl (C=O) groups excluding carboxylic acids is 5. The van der Waals surface area contributed by atoms with E-state index in [0.29, 0.717) is 89.0 Å². The molecule has 0 saturated carbocycles. The van der Waals surface area contributed by atoms with E-state index in [1.807, 2.05) is 0 Å². The number of amides is 2. The van der Waals surface area contributed by atoms with Crippen molar-refractivity contribution in [2.75, 3.05) is 65.1 Å². The molecule has 0 spiro atoms. The summed E-state index contributed by atoms with van der Waals surface area (Å²) in [4.78, 5) is 70.1. The highest BCUT2D eigenvalue weighted by Crippen LogP contribution is 2.13. The topological polar surface area (TPSA) is 224 Å². The van der Waals surface area contributed by atoms with Gasteiger partial charge in [-0.25, -0.2) is 0 Å². The van der Waals surface area contributed by atoms with Crippen molar-refractivity contribution in [3.05, 3.63) is 29.8 Å². The van der Waals surface area contributed by atoms with E-state index < -0.39 is 17.8 Å². The molecule has 0 fully saturated rings. The predicted molar refractivity (Wildman–Crippen MR) is 173 cm³/mol. The molecule has 0 saturated heterocycles. The van der Waals surface area contributed by atoms with E-state index in [4.69, 9.17) is 35.5 Å². The molecule has 0 aromatic heterocycles. The Labute approximate surface area is 276 Å². The zero-order chi connectivity index (χ0) is 34.7. The summed E-state index contributed by atoms with van der Waals surface area (Å²) in [5.74, 6) is -2.54. The van der Waals surface area contributed by atoms with Gasteiger partial charge in [0.05, 0.1) is 26.4 Å². The van der Waals surface area contributed by atoms with Gasteiger partial charge in [-0.2, -0.15) is 0 Å². The smallest absolute Gasteiger partial charge is 0.303 e. The maximum atomic E-state index is 12.3. The summed E-state index contributed by atoms with van der Waals surface area (Å²) in [7, 11) is 0. The molecular weight excluding hydrogens is 614 g/mol. The van der Waals surface area contributed by atoms with Crippen molar-refractivity contribution in [2.45, 2.75) is 70.6 Å². The lowest BCUT2D eigenvalue weighted by Crippen LogP contribution is -2.28. The number of Topliss-reactive ketones (excluding diaryl/α,β-unsaturated/α-hetero) is 3. The van der Waals surface area contributed by atoms with Crippen molar-refractivity contribution < 1.29 is 52.8 Å². The maximum absolute atomic E-state index is 12.3. The van der Waals surface area contributed by atoms with E-state index in [9.17, 15) is 28.8 Å². The molecule has 2 amide bonds. The number of nitrogens with two attached hydrogens (primary N) is 2. The SMILES string of the molecule is NC(=O)C(CCCCNC(=O)c1ccc(N)cc1)CC(=O)COCCOCCCC(=O)COCCOCCCC(=O)CCCC(=O)O. The molecule has 14 heteroatoms. The van der Waals surface area contributed by atoms with Gasteiger partial charge in [0.1, 0.15) is 19.0 Å². The van der Waals surface area contributed by atoms with Crippen LogP contribution in [0.3, 0.4) is 0 Å². The van der Waals surface area contributed by atoms with Crippen LogP contribution in [0.2, 0.25) is 0 Å². The summed E-state index contributed by atoms with van der Waals surface area (Å²) < 4.78 is 21.4. The van der Waals surface area contributed by atoms with Gasteiger partial charge in [0.15, 0.2) is 11.6 Å². The van der Waals surface area contributed by atoms with Gasteiger partial charge in [0.25, 0.3) is 5.91 Å². The van der Waals surface area contributed by atoms with E-state index in [1.165, 1.54) is 0 Å². The number of ether oxygens (including phenoxy) is 4. The lowest BCUT2D eigenvalue weighted by molar-refractivity contribution is -0.137. The van der Waals surface area contributed by atoms with Crippen LogP contribution in [0.25, 0.3) is 0 Å². The Bertz CT molecular complexity index is 1100. The normalized spacial score (nSPS) is 11.6. The van der Waals surface area contributed by atoms with Crippen molar-refractivity contribution in [3.8, 4) is 0 Å². The number of carboxylic acids is 1. The number of nitrogens with one attached hydrogen (secondary N) is 1. The summed E-state index contributed by atoms with van der Waals surface area (Å²) in [5, 5.41) is 11.4. The summed E-state index contributed by atoms with van der Waals surface area (Å²) in [6, 6.07) is 6.59. The largest absolute Gasteiger partial charge is 0.481 e. The van der Waals surface area contributed by atoms with E-state index in [-0.39, 0.29) is 75.6 Å². The van der Waals surface area contributed by atoms with E-state index in [2.05, 4.69) is 5.32 Å². The summed E-state index contributed by atoms with van der Waals surface area (Å²) in [5.41, 5.74) is 12.2. The molecule has 0 bridgehead atoms. The minimum atomic E-state index is -0.906. The summed E-state index contributed by atoms with van der Waals surface area (Å²) in [6.07, 6.45) is 4.00. The Morgan fingerprint density at radius 1 is 0.660 bits per heavy atom. The summed E-state index contributed by atoms with van der Waals surface area (Å²) in [6.45, 7) is 2.01. The van der Waals surface area contributed by atoms with Crippen LogP contribution in [0.1, 0.15) is 81.0 Å². The van der Waals surface area contributed by atoms with Crippen LogP contribution < -0.4 is 16.8 Å². The fraction of sp³-hybridized carbons (Fsp3) is 0.636. The number of anilines is 1. The highest BCUT2D eigenvalue weighted by molar-refractivity contribution is 5.94. The van der Waals surface area contributed by atoms with Crippen molar-refractivity contribution >= 4 is 40.8 Å². The second-order valence-electron chi connectivity index (χ2n) is 11.1. The highest BCUT2D eigenvalue weighted by Gasteiger charge is 2.19. The molecule has 1 unspecified atom stereocenters. The van der Waals surface area contributed by atoms with Crippen LogP contribution >= 0.6 is 0 Å². The molecule has 1 aromatic rings. The molecule has 47 heavy (non-hydrogen) atoms. The second kappa shape index (κ2) is 26.4. The zero-order valence-electron chi connectivity index (χ0n) is 27.2. The van der Waals surface area contributed by atoms with Crippen molar-refractivity contribution in [2.24, 2.45) is 11.7 Å². The first-order valence-corrected chi connectivity index (χ1v) is 16.1. The number of hydrogen-bond donors (Lipinski definition) is 4. The van der Waals surface area contributed by atoms with Gasteiger partial charge >= 0.3 is 5.97 Å². The summed E-state index contributed by atoms with van der Waals surface area (Å²) >= 11 is 0. The molecule has 0 aliphatic carbocycles. The third-order valence-electron chi connectivity index (χ3n) is 6.92. The van der Waals surface area contributed by atoms with Crippen LogP contribution in [0.15, 0.2) is 24.3 Å². The molecule has 1 rings (SSSR count). The van der Waals surface area contributed by atoms with Gasteiger partial charge in [-0.05, 0) is 56.4 Å². The minimum absolute atomic E-state index is 0.00584. The van der Waals surface area contributed by atoms with Gasteiger partial charge in [-0.15, -0.1) is 0 Å². The number of ketones is 3. The first kappa shape index (κ1) is 41.3. The molecule has 14 nitrogen and oxygen atoms in total. The standard InChI is InChI=1S/C33H51N3O11/c34-27-13-11-25(12-14-27)33(43)36-15-2-1-6-26(32(35)42)22-30(39)24-47-21-19-45-17-5-9-29(38)23-46-20-18-44-16-4-8-28(37)7-3-10-31(40)41/h11-14,26H,1-10,15-24,34H2,(H2,35,42)(H,36,43)(H,40,41). The number of aliphatic carboxylic acids is 1. The van der Waals surface area contributed by atoms with Crippen molar-refractivity contribution in [1.82, 2.24) is 5.32 Å². The Kier molecular flexibility index (Phi) is 23.2. The van der Waals surface area contributed by atoms with E-state index in [0.717, 1.165) is 0 Å². The molecule has 264 valence electrons. The average Bonchev–Trinajstić information content (AvgIpc) is 3.02. The number of primary amides is 1. The first-order valence-electron chi connectivity index (χ1n) is 16.1. The fourth-order valence-electron chi connectivity index (χ4n) is 4.32. The predicted octanol–water partition coefficient (Wildman–Crippen LogP) is 2.25. The monoisotopic (exact) mass is 665 g/mol. The molecule has 0 radical (unpaired) electrons. The van der Waals surface area contributed by atoms with Crippen molar-refractivity contribution in [1.29, 1.82) is 0 Å². The Morgan fingerprint density at radius 2 is 1.21 bits per heavy atom. The average molecular weight is 666 g/mol. The lowest BCUT2D eigenvalue weighted by atomic mass is 9.95. The maximum Gasteiger partial charge on any atom is 0.303 e. The van der Waals surface area contributed by atoms with Gasteiger partial charge in [-0.1, -0.05) is 6.42 Å². The van der Waals surface area contributed by atoms with Gasteiger partial charge in [0, 0.05) is 69.0 Å². The van der Waals surface area contributed by atoms with Crippen LogP contribution in [0, 0.1) is 5.92 Å². The van der Waals surface area contributed by atoms with E-state index in [1.54, 1.807) is 24.3 Å². The van der Waals surface area contributed by atoms with Crippen LogP contribution in [0.4, 0.5) is 5.69 Å². The number of unbranched alkanes of at least 4 members (excludes halogenated alkanes) is 1. The van der Waals surface area contributed by atoms with Gasteiger partial charge < -0.3 is 40.8 Å². The Balaban J connectivity index is 1.96. The van der Waals surface area contributed by atoms with Crippen LogP contribution in [-0.4, -0.2) is 99.6 Å². The molecule has 6 N–H and O–H groups in total. The van der Waals surface area contributed by atoms with Crippen LogP contribution in [0.5, 0.6) is 0 Å². The lowest BCUT2D eigenvalue weighted by Gasteiger charge is -2.13. The van der Waals surface area contributed by atoms with Crippen LogP contribution in [-0.2, 0) is 42.9 Å². The molecular formula is C33H51N3O11. The third kappa shape index (κ3) is 23.3. The highest BCUT2D eigenvalue weighted by atomic mass is 16.5. The number of rotatable bonds is 31. The fourth-order valence-corrected chi connectivity index (χ4v) is 4.32. The number of hydrogen-bond acceptors (Lipinski definition) is 11. The molecule has 0 aliphatic heterocycles.